The molecule has 0 bridgehead atoms. The van der Waals surface area contributed by atoms with Gasteiger partial charge in [-0.15, -0.1) is 0 Å². The lowest BCUT2D eigenvalue weighted by atomic mass is 10.1. The molecular weight excluding hydrogens is 349 g/mol. The maximum atomic E-state index is 13.1. The van der Waals surface area contributed by atoms with Crippen LogP contribution in [0.5, 0.6) is 0 Å². The Morgan fingerprint density at radius 1 is 1.12 bits per heavy atom. The number of nitro benzene ring substituents is 1. The van der Waals surface area contributed by atoms with Crippen LogP contribution in [-0.2, 0) is 0 Å². The quantitative estimate of drug-likeness (QED) is 0.619. The van der Waals surface area contributed by atoms with E-state index in [2.05, 4.69) is 0 Å². The predicted molar refractivity (Wildman–Crippen MR) is 92.6 cm³/mol. The fourth-order valence-electron chi connectivity index (χ4n) is 2.87. The van der Waals surface area contributed by atoms with Gasteiger partial charge in [-0.25, -0.2) is 4.39 Å². The third-order valence-corrected chi connectivity index (χ3v) is 4.46. The van der Waals surface area contributed by atoms with Crippen molar-refractivity contribution in [3.05, 3.63) is 69.0 Å². The molecule has 25 heavy (non-hydrogen) atoms. The average molecular weight is 364 g/mol. The molecule has 130 valence electrons. The maximum Gasteiger partial charge on any atom is 0.292 e. The standard InChI is InChI=1S/C17H15ClFN3O3/c18-14-11-12(19)5-6-13(14)17(23)21-9-7-20(8-10-21)15-3-1-2-4-16(15)22(24)25/h1-6,11H,7-10H2. The smallest absolute Gasteiger partial charge is 0.292 e. The van der Waals surface area contributed by atoms with Crippen molar-refractivity contribution in [1.82, 2.24) is 4.90 Å². The van der Waals surface area contributed by atoms with Crippen LogP contribution in [0.4, 0.5) is 15.8 Å². The molecule has 2 aromatic rings. The summed E-state index contributed by atoms with van der Waals surface area (Å²) in [6.45, 7) is 1.74. The van der Waals surface area contributed by atoms with E-state index in [-0.39, 0.29) is 22.2 Å². The molecule has 1 fully saturated rings. The predicted octanol–water partition coefficient (Wildman–Crippen LogP) is 3.35. The van der Waals surface area contributed by atoms with Gasteiger partial charge in [-0.05, 0) is 24.3 Å². The Balaban J connectivity index is 1.72. The van der Waals surface area contributed by atoms with Crippen LogP contribution in [0.2, 0.25) is 5.02 Å². The van der Waals surface area contributed by atoms with E-state index in [1.54, 1.807) is 23.1 Å². The van der Waals surface area contributed by atoms with Crippen LogP contribution in [0.25, 0.3) is 0 Å². The van der Waals surface area contributed by atoms with Gasteiger partial charge in [0.1, 0.15) is 11.5 Å². The number of rotatable bonds is 3. The number of halogens is 2. The van der Waals surface area contributed by atoms with Crippen molar-refractivity contribution in [2.45, 2.75) is 0 Å². The van der Waals surface area contributed by atoms with Crippen molar-refractivity contribution < 1.29 is 14.1 Å². The number of benzene rings is 2. The van der Waals surface area contributed by atoms with E-state index in [0.29, 0.717) is 31.9 Å². The van der Waals surface area contributed by atoms with Crippen LogP contribution in [0.1, 0.15) is 10.4 Å². The van der Waals surface area contributed by atoms with Crippen LogP contribution in [-0.4, -0.2) is 41.9 Å². The summed E-state index contributed by atoms with van der Waals surface area (Å²) < 4.78 is 13.1. The van der Waals surface area contributed by atoms with Crippen molar-refractivity contribution in [3.63, 3.8) is 0 Å². The van der Waals surface area contributed by atoms with Crippen molar-refractivity contribution in [3.8, 4) is 0 Å². The lowest BCUT2D eigenvalue weighted by Gasteiger charge is -2.36. The van der Waals surface area contributed by atoms with Crippen LogP contribution in [0.3, 0.4) is 0 Å². The second-order valence-corrected chi connectivity index (χ2v) is 6.06. The van der Waals surface area contributed by atoms with Crippen LogP contribution < -0.4 is 4.90 Å². The number of hydrogen-bond acceptors (Lipinski definition) is 4. The zero-order valence-corrected chi connectivity index (χ0v) is 13.9. The van der Waals surface area contributed by atoms with Gasteiger partial charge in [0, 0.05) is 32.2 Å². The topological polar surface area (TPSA) is 66.7 Å². The molecule has 1 aliphatic heterocycles. The minimum Gasteiger partial charge on any atom is -0.362 e. The second kappa shape index (κ2) is 7.06. The Bertz CT molecular complexity index is 823. The summed E-state index contributed by atoms with van der Waals surface area (Å²) in [4.78, 5) is 26.8. The zero-order valence-electron chi connectivity index (χ0n) is 13.2. The Morgan fingerprint density at radius 3 is 2.44 bits per heavy atom. The fraction of sp³-hybridized carbons (Fsp3) is 0.235. The van der Waals surface area contributed by atoms with E-state index in [0.717, 1.165) is 6.07 Å². The highest BCUT2D eigenvalue weighted by atomic mass is 35.5. The lowest BCUT2D eigenvalue weighted by molar-refractivity contribution is -0.384. The molecule has 0 aromatic heterocycles. The van der Waals surface area contributed by atoms with Gasteiger partial charge in [0.25, 0.3) is 11.6 Å². The summed E-state index contributed by atoms with van der Waals surface area (Å²) in [5.74, 6) is -0.769. The molecular formula is C17H15ClFN3O3. The second-order valence-electron chi connectivity index (χ2n) is 5.65. The molecule has 1 amide bonds. The minimum atomic E-state index is -0.497. The summed E-state index contributed by atoms with van der Waals surface area (Å²) in [6, 6.07) is 10.2. The van der Waals surface area contributed by atoms with Crippen molar-refractivity contribution in [2.75, 3.05) is 31.1 Å². The normalized spacial score (nSPS) is 14.5. The monoisotopic (exact) mass is 363 g/mol. The third-order valence-electron chi connectivity index (χ3n) is 4.15. The first-order valence-electron chi connectivity index (χ1n) is 7.70. The molecule has 0 saturated carbocycles. The zero-order chi connectivity index (χ0) is 18.0. The van der Waals surface area contributed by atoms with Gasteiger partial charge in [-0.1, -0.05) is 23.7 Å². The molecule has 1 saturated heterocycles. The minimum absolute atomic E-state index is 0.0452. The van der Waals surface area contributed by atoms with Crippen molar-refractivity contribution in [2.24, 2.45) is 0 Å². The first-order chi connectivity index (χ1) is 12.0. The van der Waals surface area contributed by atoms with Crippen molar-refractivity contribution >= 4 is 28.9 Å². The number of piperazine rings is 1. The molecule has 0 N–H and O–H groups in total. The number of carbonyl (C=O) groups is 1. The largest absolute Gasteiger partial charge is 0.362 e. The van der Waals surface area contributed by atoms with Crippen LogP contribution in [0, 0.1) is 15.9 Å². The Hall–Kier alpha value is -2.67. The van der Waals surface area contributed by atoms with E-state index in [4.69, 9.17) is 11.6 Å². The summed E-state index contributed by atoms with van der Waals surface area (Å²) in [7, 11) is 0. The summed E-state index contributed by atoms with van der Waals surface area (Å²) in [6.07, 6.45) is 0. The molecule has 0 radical (unpaired) electrons. The average Bonchev–Trinajstić information content (AvgIpc) is 2.61. The van der Waals surface area contributed by atoms with Gasteiger partial charge in [-0.2, -0.15) is 0 Å². The number of amides is 1. The van der Waals surface area contributed by atoms with E-state index in [1.165, 1.54) is 18.2 Å². The summed E-state index contributed by atoms with van der Waals surface area (Å²) in [5.41, 5.74) is 0.838. The summed E-state index contributed by atoms with van der Waals surface area (Å²) in [5, 5.41) is 11.2. The van der Waals surface area contributed by atoms with Gasteiger partial charge in [0.2, 0.25) is 0 Å². The number of nitro groups is 1. The molecule has 6 nitrogen and oxygen atoms in total. The highest BCUT2D eigenvalue weighted by molar-refractivity contribution is 6.33. The first kappa shape index (κ1) is 17.2. The van der Waals surface area contributed by atoms with Crippen LogP contribution in [0.15, 0.2) is 42.5 Å². The van der Waals surface area contributed by atoms with Crippen LogP contribution >= 0.6 is 11.6 Å². The molecule has 8 heteroatoms. The molecule has 1 aliphatic rings. The number of nitrogens with zero attached hydrogens (tertiary/aromatic N) is 3. The Morgan fingerprint density at radius 2 is 1.80 bits per heavy atom. The van der Waals surface area contributed by atoms with Gasteiger partial charge in [-0.3, -0.25) is 14.9 Å². The number of carbonyl (C=O) groups excluding carboxylic acids is 1. The maximum absolute atomic E-state index is 13.1. The van der Waals surface area contributed by atoms with E-state index >= 15 is 0 Å². The molecule has 2 aromatic carbocycles. The fourth-order valence-corrected chi connectivity index (χ4v) is 3.12. The Kier molecular flexibility index (Phi) is 4.85. The molecule has 0 unspecified atom stereocenters. The molecule has 0 atom stereocenters. The molecule has 3 rings (SSSR count). The van der Waals surface area contributed by atoms with E-state index in [1.807, 2.05) is 4.90 Å². The lowest BCUT2D eigenvalue weighted by Crippen LogP contribution is -2.49. The van der Waals surface area contributed by atoms with Gasteiger partial charge in [0.15, 0.2) is 0 Å². The van der Waals surface area contributed by atoms with Gasteiger partial charge >= 0.3 is 0 Å². The molecule has 0 aliphatic carbocycles. The highest BCUT2D eigenvalue weighted by Gasteiger charge is 2.26. The van der Waals surface area contributed by atoms with E-state index < -0.39 is 10.7 Å². The number of para-hydroxylation sites is 2. The first-order valence-corrected chi connectivity index (χ1v) is 8.08. The van der Waals surface area contributed by atoms with Gasteiger partial charge < -0.3 is 9.80 Å². The molecule has 0 spiro atoms. The molecule has 1 heterocycles. The third kappa shape index (κ3) is 3.56. The summed E-state index contributed by atoms with van der Waals surface area (Å²) >= 11 is 5.95. The van der Waals surface area contributed by atoms with Crippen molar-refractivity contribution in [1.29, 1.82) is 0 Å². The van der Waals surface area contributed by atoms with Gasteiger partial charge in [0.05, 0.1) is 15.5 Å². The number of anilines is 1. The number of hydrogen-bond donors (Lipinski definition) is 0. The SMILES string of the molecule is O=C(c1ccc(F)cc1Cl)N1CCN(c2ccccc2[N+](=O)[O-])CC1. The highest BCUT2D eigenvalue weighted by Crippen LogP contribution is 2.28. The Labute approximate surface area is 148 Å². The van der Waals surface area contributed by atoms with E-state index in [9.17, 15) is 19.3 Å².